The first-order valence-corrected chi connectivity index (χ1v) is 11.7. The molecule has 0 aromatic rings. The Morgan fingerprint density at radius 3 is 1.70 bits per heavy atom. The van der Waals surface area contributed by atoms with E-state index in [1.54, 1.807) is 20.8 Å². The summed E-state index contributed by atoms with van der Waals surface area (Å²) in [6.07, 6.45) is 0.653. The van der Waals surface area contributed by atoms with E-state index in [1.165, 1.54) is 0 Å². The molecule has 0 radical (unpaired) electrons. The van der Waals surface area contributed by atoms with Crippen molar-refractivity contribution in [2.75, 3.05) is 19.8 Å². The van der Waals surface area contributed by atoms with Gasteiger partial charge < -0.3 is 18.8 Å². The van der Waals surface area contributed by atoms with Crippen molar-refractivity contribution in [2.24, 2.45) is 23.7 Å². The summed E-state index contributed by atoms with van der Waals surface area (Å²) in [5.41, 5.74) is 0. The molecular weight excluding hydrogens is 416 g/mol. The number of carbonyl (C=O) groups is 3. The third-order valence-electron chi connectivity index (χ3n) is 4.59. The molecule has 0 spiro atoms. The van der Waals surface area contributed by atoms with Gasteiger partial charge in [0.05, 0.1) is 32.2 Å². The maximum Gasteiger partial charge on any atom is 0.324 e. The van der Waals surface area contributed by atoms with Crippen molar-refractivity contribution >= 4 is 28.0 Å². The van der Waals surface area contributed by atoms with Gasteiger partial charge in [-0.25, -0.2) is 8.42 Å². The van der Waals surface area contributed by atoms with Gasteiger partial charge in [-0.3, -0.25) is 14.4 Å². The second-order valence-corrected chi connectivity index (χ2v) is 9.58. The molecule has 4 unspecified atom stereocenters. The molecule has 0 rings (SSSR count). The maximum atomic E-state index is 12.6. The zero-order valence-corrected chi connectivity index (χ0v) is 19.5. The summed E-state index contributed by atoms with van der Waals surface area (Å²) in [4.78, 5) is 37.2. The Morgan fingerprint density at radius 1 is 0.800 bits per heavy atom. The van der Waals surface area contributed by atoms with Gasteiger partial charge in [0.25, 0.3) is 0 Å². The highest BCUT2D eigenvalue weighted by atomic mass is 32.2. The summed E-state index contributed by atoms with van der Waals surface area (Å²) < 4.78 is 50.6. The predicted molar refractivity (Wildman–Crippen MR) is 108 cm³/mol. The van der Waals surface area contributed by atoms with Crippen LogP contribution in [0, 0.1) is 23.7 Å². The van der Waals surface area contributed by atoms with Crippen LogP contribution in [0.3, 0.4) is 0 Å². The van der Waals surface area contributed by atoms with Gasteiger partial charge in [-0.05, 0) is 17.8 Å². The van der Waals surface area contributed by atoms with Crippen LogP contribution in [0.15, 0.2) is 0 Å². The van der Waals surface area contributed by atoms with Gasteiger partial charge in [0.1, 0.15) is 10.1 Å². The van der Waals surface area contributed by atoms with E-state index in [0.29, 0.717) is 6.42 Å². The number of hydrogen-bond donors (Lipinski definition) is 0. The fourth-order valence-corrected chi connectivity index (χ4v) is 3.08. The standard InChI is InChI=1S/C20H36O9S/c1-7-14(5)11-27-17(21)9-16(19(22)29-12-15(6)8-2)18(30(24,25)26)20(23)28-10-13(3)4/h13-16,18H,7-12H2,1-6H3,(H,24,25,26)/p-1. The molecule has 0 amide bonds. The number of ether oxygens (including phenoxy) is 3. The van der Waals surface area contributed by atoms with E-state index in [1.807, 2.05) is 20.8 Å². The fourth-order valence-electron chi connectivity index (χ4n) is 2.17. The lowest BCUT2D eigenvalue weighted by Gasteiger charge is -2.26. The summed E-state index contributed by atoms with van der Waals surface area (Å²) in [6.45, 7) is 10.8. The van der Waals surface area contributed by atoms with Crippen LogP contribution in [0.5, 0.6) is 0 Å². The van der Waals surface area contributed by atoms with E-state index in [4.69, 9.17) is 14.2 Å². The van der Waals surface area contributed by atoms with Crippen molar-refractivity contribution in [3.05, 3.63) is 0 Å². The molecule has 0 aromatic heterocycles. The molecule has 0 saturated carbocycles. The van der Waals surface area contributed by atoms with Crippen molar-refractivity contribution in [2.45, 2.75) is 66.1 Å². The SMILES string of the molecule is CCC(C)COC(=O)CC(C(=O)OCC(C)CC)C(C(=O)OCC(C)C)S(=O)(=O)[O-]. The molecule has 0 aliphatic rings. The van der Waals surface area contributed by atoms with Crippen molar-refractivity contribution in [1.29, 1.82) is 0 Å². The third kappa shape index (κ3) is 10.9. The lowest BCUT2D eigenvalue weighted by Crippen LogP contribution is -2.44. The highest BCUT2D eigenvalue weighted by molar-refractivity contribution is 7.87. The van der Waals surface area contributed by atoms with Crippen LogP contribution in [-0.2, 0) is 38.7 Å². The Kier molecular flexibility index (Phi) is 12.8. The fraction of sp³-hybridized carbons (Fsp3) is 0.850. The molecule has 176 valence electrons. The van der Waals surface area contributed by atoms with E-state index in [-0.39, 0.29) is 37.6 Å². The molecule has 0 aromatic carbocycles. The van der Waals surface area contributed by atoms with Crippen molar-refractivity contribution in [3.63, 3.8) is 0 Å². The summed E-state index contributed by atoms with van der Waals surface area (Å²) in [5.74, 6) is -5.34. The Morgan fingerprint density at radius 2 is 1.27 bits per heavy atom. The van der Waals surface area contributed by atoms with Crippen LogP contribution in [0.2, 0.25) is 0 Å². The Bertz CT molecular complexity index is 657. The number of rotatable bonds is 14. The first kappa shape index (κ1) is 28.3. The summed E-state index contributed by atoms with van der Waals surface area (Å²) >= 11 is 0. The minimum absolute atomic E-state index is 0.0258. The third-order valence-corrected chi connectivity index (χ3v) is 5.73. The molecule has 0 bridgehead atoms. The van der Waals surface area contributed by atoms with E-state index < -0.39 is 45.6 Å². The summed E-state index contributed by atoms with van der Waals surface area (Å²) in [6, 6.07) is 0. The monoisotopic (exact) mass is 451 g/mol. The normalized spacial score (nSPS) is 15.7. The van der Waals surface area contributed by atoms with Gasteiger partial charge in [0.2, 0.25) is 0 Å². The molecule has 0 heterocycles. The minimum atomic E-state index is -5.32. The van der Waals surface area contributed by atoms with Gasteiger partial charge in [-0.15, -0.1) is 0 Å². The van der Waals surface area contributed by atoms with Gasteiger partial charge in [-0.1, -0.05) is 54.4 Å². The van der Waals surface area contributed by atoms with Crippen LogP contribution < -0.4 is 0 Å². The van der Waals surface area contributed by atoms with Crippen LogP contribution in [-0.4, -0.2) is 55.9 Å². The second kappa shape index (κ2) is 13.6. The largest absolute Gasteiger partial charge is 0.747 e. The predicted octanol–water partition coefficient (Wildman–Crippen LogP) is 2.28. The molecule has 9 nitrogen and oxygen atoms in total. The molecule has 0 aliphatic carbocycles. The second-order valence-electron chi connectivity index (χ2n) is 8.09. The van der Waals surface area contributed by atoms with Crippen LogP contribution in [0.4, 0.5) is 0 Å². The first-order chi connectivity index (χ1) is 13.8. The number of carbonyl (C=O) groups excluding carboxylic acids is 3. The molecular formula is C20H35O9S-. The summed E-state index contributed by atoms with van der Waals surface area (Å²) in [7, 11) is -5.32. The Hall–Kier alpha value is -1.68. The van der Waals surface area contributed by atoms with Gasteiger partial charge in [-0.2, -0.15) is 0 Å². The van der Waals surface area contributed by atoms with E-state index >= 15 is 0 Å². The lowest BCUT2D eigenvalue weighted by atomic mass is 10.0. The zero-order chi connectivity index (χ0) is 23.5. The van der Waals surface area contributed by atoms with Gasteiger partial charge in [0, 0.05) is 0 Å². The molecule has 0 saturated heterocycles. The smallest absolute Gasteiger partial charge is 0.324 e. The van der Waals surface area contributed by atoms with Crippen molar-refractivity contribution < 1.29 is 41.6 Å². The van der Waals surface area contributed by atoms with Gasteiger partial charge in [0.15, 0.2) is 5.25 Å². The Labute approximate surface area is 179 Å². The van der Waals surface area contributed by atoms with E-state index in [2.05, 4.69) is 0 Å². The van der Waals surface area contributed by atoms with Crippen LogP contribution in [0.25, 0.3) is 0 Å². The van der Waals surface area contributed by atoms with E-state index in [9.17, 15) is 27.4 Å². The van der Waals surface area contributed by atoms with Crippen LogP contribution in [0.1, 0.15) is 60.8 Å². The quantitative estimate of drug-likeness (QED) is 0.221. The molecule has 4 atom stereocenters. The topological polar surface area (TPSA) is 136 Å². The zero-order valence-electron chi connectivity index (χ0n) is 18.7. The van der Waals surface area contributed by atoms with Crippen molar-refractivity contribution in [3.8, 4) is 0 Å². The van der Waals surface area contributed by atoms with Gasteiger partial charge >= 0.3 is 17.9 Å². The molecule has 0 aliphatic heterocycles. The average molecular weight is 452 g/mol. The highest BCUT2D eigenvalue weighted by Gasteiger charge is 2.43. The number of hydrogen-bond acceptors (Lipinski definition) is 9. The average Bonchev–Trinajstić information content (AvgIpc) is 2.66. The minimum Gasteiger partial charge on any atom is -0.747 e. The van der Waals surface area contributed by atoms with E-state index in [0.717, 1.165) is 6.42 Å². The lowest BCUT2D eigenvalue weighted by molar-refractivity contribution is -0.160. The Balaban J connectivity index is 5.67. The van der Waals surface area contributed by atoms with Crippen molar-refractivity contribution in [1.82, 2.24) is 0 Å². The highest BCUT2D eigenvalue weighted by Crippen LogP contribution is 2.22. The molecule has 0 fully saturated rings. The molecule has 0 N–H and O–H groups in total. The molecule has 30 heavy (non-hydrogen) atoms. The first-order valence-electron chi connectivity index (χ1n) is 10.3. The number of esters is 3. The summed E-state index contributed by atoms with van der Waals surface area (Å²) in [5, 5.41) is -2.39. The van der Waals surface area contributed by atoms with Crippen LogP contribution >= 0.6 is 0 Å². The maximum absolute atomic E-state index is 12.6. The molecule has 10 heteroatoms.